The van der Waals surface area contributed by atoms with E-state index in [1.165, 1.54) is 0 Å². The van der Waals surface area contributed by atoms with E-state index in [1.54, 1.807) is 0 Å². The fourth-order valence-electron chi connectivity index (χ4n) is 15.1. The SMILES string of the molecule is CC(COC1C(OCC(C)(C(F)(F)F)C(F)(F)F)C(OCC(C)(C(F)(F)F)C(F)(F)F)C2C3NC4NC(NC5NC(NC6NC(NC(N3)C2C1OCC(C)(C(F)(F)F)C(F)(F)F)C1CCCCC61)C1CCCCC51)C1CCCCC41)(C(F)(F)F)C(F)(F)F. The van der Waals surface area contributed by atoms with Crippen molar-refractivity contribution in [1.82, 2.24) is 42.5 Å². The average molecular weight is 1330 g/mol. The molecule has 0 amide bonds. The summed E-state index contributed by atoms with van der Waals surface area (Å²) in [4.78, 5) is 0. The van der Waals surface area contributed by atoms with E-state index in [0.717, 1.165) is 25.7 Å². The summed E-state index contributed by atoms with van der Waals surface area (Å²) in [6, 6.07) is 0. The Kier molecular flexibility index (Phi) is 19.1. The smallest absolute Gasteiger partial charge is 0.374 e. The molecule has 8 N–H and O–H groups in total. The summed E-state index contributed by atoms with van der Waals surface area (Å²) in [6.45, 7) is -13.7. The fourth-order valence-corrected chi connectivity index (χ4v) is 15.1. The molecule has 5 saturated heterocycles. The molecule has 0 radical (unpaired) electrons. The summed E-state index contributed by atoms with van der Waals surface area (Å²) in [6.07, 6.45) is -66.0. The van der Waals surface area contributed by atoms with Gasteiger partial charge in [-0.2, -0.15) is 105 Å². The Morgan fingerprint density at radius 3 is 0.557 bits per heavy atom. The number of hydrogen-bond donors (Lipinski definition) is 8. The predicted molar refractivity (Wildman–Crippen MR) is 259 cm³/mol. The van der Waals surface area contributed by atoms with Crippen molar-refractivity contribution in [3.63, 3.8) is 0 Å². The molecule has 4 saturated carbocycles. The van der Waals surface area contributed by atoms with Crippen LogP contribution in [0.25, 0.3) is 0 Å². The number of halogens is 24. The normalized spacial score (nSPS) is 38.6. The van der Waals surface area contributed by atoms with Crippen molar-refractivity contribution in [2.24, 2.45) is 69.0 Å². The third-order valence-corrected chi connectivity index (χ3v) is 21.3. The lowest BCUT2D eigenvalue weighted by atomic mass is 9.70. The maximum Gasteiger partial charge on any atom is 0.405 e. The second kappa shape index (κ2) is 23.9. The van der Waals surface area contributed by atoms with Gasteiger partial charge in [0.05, 0.1) is 88.0 Å². The van der Waals surface area contributed by atoms with Gasteiger partial charge in [0.2, 0.25) is 0 Å². The first kappa shape index (κ1) is 70.2. The molecule has 5 aliphatic heterocycles. The average Bonchev–Trinajstić information content (AvgIpc) is 1.43. The standard InChI is InChI=1S/C52H72F24N8O4/c1-41(45(53,54)55,46(56,57)58)17-85-29-27-28(30(86-18-42(2,47(59,60)61)48(62,63)64)32(88-20-44(4,51(71,72)73)52(74,75)76)31(29)87-19-43(3,49(65,66)67)50(68,69)70)40-83-38-26-16-10-8-14-24(26)36(81-38)79-34-22-12-6-5-11-21(22)33(77-34)78-35-23-13-7-9-15-25(23)37(80-35)82-39(27)84-40/h21-40,77-84H,5-20H2,1-4H3. The van der Waals surface area contributed by atoms with E-state index in [4.69, 9.17) is 18.9 Å². The highest BCUT2D eigenvalue weighted by Gasteiger charge is 2.74. The van der Waals surface area contributed by atoms with Crippen molar-refractivity contribution in [1.29, 1.82) is 0 Å². The van der Waals surface area contributed by atoms with E-state index in [2.05, 4.69) is 42.5 Å². The van der Waals surface area contributed by atoms with Crippen LogP contribution in [0.3, 0.4) is 0 Å². The zero-order valence-electron chi connectivity index (χ0n) is 47.6. The lowest BCUT2D eigenvalue weighted by Gasteiger charge is -2.52. The number of ether oxygens (including phenoxy) is 4. The van der Waals surface area contributed by atoms with Crippen LogP contribution in [0.15, 0.2) is 0 Å². The van der Waals surface area contributed by atoms with Crippen LogP contribution in [0.4, 0.5) is 105 Å². The molecule has 8 bridgehead atoms. The minimum atomic E-state index is -6.56. The highest BCUT2D eigenvalue weighted by Crippen LogP contribution is 2.58. The van der Waals surface area contributed by atoms with Crippen LogP contribution < -0.4 is 42.5 Å². The molecule has 512 valence electrons. The van der Waals surface area contributed by atoms with E-state index in [0.29, 0.717) is 51.4 Å². The molecule has 88 heavy (non-hydrogen) atoms. The van der Waals surface area contributed by atoms with Gasteiger partial charge in [0.15, 0.2) is 21.7 Å². The summed E-state index contributed by atoms with van der Waals surface area (Å²) in [7, 11) is 0. The molecule has 4 aliphatic carbocycles. The molecule has 5 heterocycles. The second-order valence-corrected chi connectivity index (χ2v) is 26.6. The molecule has 0 aromatic heterocycles. The second-order valence-electron chi connectivity index (χ2n) is 26.6. The molecule has 0 aromatic rings. The van der Waals surface area contributed by atoms with Gasteiger partial charge >= 0.3 is 49.4 Å². The first-order valence-corrected chi connectivity index (χ1v) is 29.3. The van der Waals surface area contributed by atoms with Crippen LogP contribution in [-0.2, 0) is 18.9 Å². The maximum atomic E-state index is 15.0. The summed E-state index contributed by atoms with van der Waals surface area (Å²) >= 11 is 0. The summed E-state index contributed by atoms with van der Waals surface area (Å²) < 4.78 is 379. The Morgan fingerprint density at radius 2 is 0.386 bits per heavy atom. The Morgan fingerprint density at radius 1 is 0.239 bits per heavy atom. The highest BCUT2D eigenvalue weighted by molar-refractivity contribution is 5.16. The minimum Gasteiger partial charge on any atom is -0.374 e. The van der Waals surface area contributed by atoms with Gasteiger partial charge in [0, 0.05) is 11.8 Å². The van der Waals surface area contributed by atoms with Gasteiger partial charge in [-0.05, 0) is 102 Å². The molecule has 20 unspecified atom stereocenters. The molecule has 20 atom stereocenters. The molecular formula is C52H72F24N8O4. The Labute approximate surface area is 489 Å². The van der Waals surface area contributed by atoms with E-state index in [1.807, 2.05) is 0 Å². The number of alkyl halides is 24. The van der Waals surface area contributed by atoms with Gasteiger partial charge in [0.1, 0.15) is 12.2 Å². The monoisotopic (exact) mass is 1330 g/mol. The van der Waals surface area contributed by atoms with Gasteiger partial charge < -0.3 is 18.9 Å². The van der Waals surface area contributed by atoms with Crippen LogP contribution in [0, 0.1) is 69.0 Å². The first-order chi connectivity index (χ1) is 40.2. The molecule has 9 fully saturated rings. The molecule has 12 nitrogen and oxygen atoms in total. The highest BCUT2D eigenvalue weighted by atomic mass is 19.4. The number of rotatable bonds is 12. The lowest BCUT2D eigenvalue weighted by Crippen LogP contribution is -2.68. The third kappa shape index (κ3) is 12.5. The molecule has 36 heteroatoms. The number of fused-ring (bicyclic) bond motifs is 20. The topological polar surface area (TPSA) is 133 Å². The van der Waals surface area contributed by atoms with Crippen LogP contribution >= 0.6 is 0 Å². The fraction of sp³-hybridized carbons (Fsp3) is 1.00. The quantitative estimate of drug-likeness (QED) is 0.0885. The van der Waals surface area contributed by atoms with Gasteiger partial charge in [-0.15, -0.1) is 0 Å². The van der Waals surface area contributed by atoms with E-state index in [9.17, 15) is 105 Å². The summed E-state index contributed by atoms with van der Waals surface area (Å²) in [5.74, 6) is -6.36. The molecule has 0 spiro atoms. The van der Waals surface area contributed by atoms with Crippen molar-refractivity contribution < 1.29 is 124 Å². The third-order valence-electron chi connectivity index (χ3n) is 21.3. The Hall–Kier alpha value is -2.16. The Bertz CT molecular complexity index is 2170. The summed E-state index contributed by atoms with van der Waals surface area (Å²) in [5.41, 5.74) is -20.8. The van der Waals surface area contributed by atoms with Crippen molar-refractivity contribution in [3.05, 3.63) is 0 Å². The van der Waals surface area contributed by atoms with Crippen molar-refractivity contribution in [2.75, 3.05) is 26.4 Å². The zero-order valence-corrected chi connectivity index (χ0v) is 47.6. The maximum absolute atomic E-state index is 15.0. The zero-order chi connectivity index (χ0) is 65.3. The molecule has 9 aliphatic rings. The van der Waals surface area contributed by atoms with E-state index in [-0.39, 0.29) is 36.0 Å². The molecule has 9 rings (SSSR count). The summed E-state index contributed by atoms with van der Waals surface area (Å²) in [5, 5.41) is 27.2. The van der Waals surface area contributed by atoms with Gasteiger partial charge in [0.25, 0.3) is 0 Å². The van der Waals surface area contributed by atoms with Crippen molar-refractivity contribution in [3.8, 4) is 0 Å². The first-order valence-electron chi connectivity index (χ1n) is 29.3. The van der Waals surface area contributed by atoms with Crippen LogP contribution in [0.1, 0.15) is 105 Å². The van der Waals surface area contributed by atoms with Gasteiger partial charge in [-0.25, -0.2) is 0 Å². The minimum absolute atomic E-state index is 0.0511. The lowest BCUT2D eigenvalue weighted by molar-refractivity contribution is -0.375. The van der Waals surface area contributed by atoms with Crippen LogP contribution in [0.5, 0.6) is 0 Å². The predicted octanol–water partition coefficient (Wildman–Crippen LogP) is 11.1. The van der Waals surface area contributed by atoms with E-state index < -0.39 is 210 Å². The van der Waals surface area contributed by atoms with Crippen molar-refractivity contribution >= 4 is 0 Å². The van der Waals surface area contributed by atoms with E-state index >= 15 is 0 Å². The van der Waals surface area contributed by atoms with Gasteiger partial charge in [-0.3, -0.25) is 42.5 Å². The number of nitrogens with one attached hydrogen (secondary N) is 8. The van der Waals surface area contributed by atoms with Crippen LogP contribution in [-0.4, -0.2) is 150 Å². The largest absolute Gasteiger partial charge is 0.405 e. The van der Waals surface area contributed by atoms with Crippen molar-refractivity contribution in [2.45, 2.75) is 228 Å². The van der Waals surface area contributed by atoms with Crippen LogP contribution in [0.2, 0.25) is 0 Å². The molecular weight excluding hydrogens is 1260 g/mol. The Balaban J connectivity index is 1.28. The molecule has 0 aromatic carbocycles. The number of hydrogen-bond acceptors (Lipinski definition) is 12. The van der Waals surface area contributed by atoms with Gasteiger partial charge in [-0.1, -0.05) is 38.5 Å².